The van der Waals surface area contributed by atoms with Crippen LogP contribution in [0.5, 0.6) is 0 Å². The lowest BCUT2D eigenvalue weighted by Gasteiger charge is -2.26. The van der Waals surface area contributed by atoms with Gasteiger partial charge in [-0.25, -0.2) is 0 Å². The largest absolute Gasteiger partial charge is 0.481 e. The second-order valence-electron chi connectivity index (χ2n) is 9.30. The number of fused-ring (bicyclic) bond motifs is 1. The molecule has 0 aromatic heterocycles. The number of amides is 1. The summed E-state index contributed by atoms with van der Waals surface area (Å²) in [5, 5.41) is 13.8. The topological polar surface area (TPSA) is 66.4 Å². The Bertz CT molecular complexity index is 1310. The number of anilines is 1. The molecular weight excluding hydrogens is 514 g/mol. The van der Waals surface area contributed by atoms with Gasteiger partial charge in [0.15, 0.2) is 0 Å². The van der Waals surface area contributed by atoms with Crippen LogP contribution in [-0.4, -0.2) is 23.2 Å². The molecule has 190 valence electrons. The number of nitrogens with one attached hydrogen (secondary N) is 1. The first-order chi connectivity index (χ1) is 17.0. The van der Waals surface area contributed by atoms with Gasteiger partial charge in [-0.3, -0.25) is 9.59 Å². The first-order valence-electron chi connectivity index (χ1n) is 11.5. The summed E-state index contributed by atoms with van der Waals surface area (Å²) in [6, 6.07) is 14.5. The third kappa shape index (κ3) is 5.79. The molecule has 4 rings (SSSR count). The molecule has 9 heteroatoms. The van der Waals surface area contributed by atoms with E-state index in [9.17, 15) is 27.9 Å². The standard InChI is InChI=1S/C27H24Cl2F3NO3/c1-14(27(30,31)32)25(18-7-9-19-16(11-18)3-2-4-21(19)28)26(36)33-23-12-17(8-10-22(23)29)20(13-24(34)35)15-5-6-15/h2-4,7-12,14-15,20,25H,5-6,13H2,1H3,(H,33,36)(H,34,35)/t14-,20+,25-/m1/s1. The molecule has 0 radical (unpaired) electrons. The normalized spacial score (nSPS) is 16.4. The molecule has 2 N–H and O–H groups in total. The Labute approximate surface area is 216 Å². The molecule has 3 atom stereocenters. The van der Waals surface area contributed by atoms with Crippen LogP contribution in [-0.2, 0) is 9.59 Å². The first kappa shape index (κ1) is 26.3. The van der Waals surface area contributed by atoms with Crippen LogP contribution >= 0.6 is 23.2 Å². The summed E-state index contributed by atoms with van der Waals surface area (Å²) >= 11 is 12.5. The fourth-order valence-corrected chi connectivity index (χ4v) is 5.05. The minimum Gasteiger partial charge on any atom is -0.481 e. The van der Waals surface area contributed by atoms with Crippen molar-refractivity contribution in [2.45, 2.75) is 44.2 Å². The number of aliphatic carboxylic acids is 1. The molecule has 36 heavy (non-hydrogen) atoms. The number of benzene rings is 3. The van der Waals surface area contributed by atoms with Crippen molar-refractivity contribution in [1.82, 2.24) is 0 Å². The summed E-state index contributed by atoms with van der Waals surface area (Å²) in [6.07, 6.45) is -2.90. The van der Waals surface area contributed by atoms with E-state index in [1.165, 1.54) is 12.1 Å². The summed E-state index contributed by atoms with van der Waals surface area (Å²) in [4.78, 5) is 24.7. The SMILES string of the molecule is C[C@H]([C@@H](C(=O)Nc1cc([C@@H](CC(=O)O)C2CC2)ccc1Cl)c1ccc2c(Cl)cccc2c1)C(F)(F)F. The van der Waals surface area contributed by atoms with E-state index in [0.717, 1.165) is 19.8 Å². The van der Waals surface area contributed by atoms with E-state index in [1.54, 1.807) is 42.5 Å². The smallest absolute Gasteiger partial charge is 0.392 e. The lowest BCUT2D eigenvalue weighted by molar-refractivity contribution is -0.178. The highest BCUT2D eigenvalue weighted by Gasteiger charge is 2.45. The fourth-order valence-electron chi connectivity index (χ4n) is 4.64. The quantitative estimate of drug-likeness (QED) is 0.305. The fraction of sp³-hybridized carbons (Fsp3) is 0.333. The Morgan fingerprint density at radius 1 is 1.03 bits per heavy atom. The lowest BCUT2D eigenvalue weighted by Crippen LogP contribution is -2.34. The van der Waals surface area contributed by atoms with Crippen LogP contribution in [0.25, 0.3) is 10.8 Å². The predicted molar refractivity (Wildman–Crippen MR) is 135 cm³/mol. The van der Waals surface area contributed by atoms with Gasteiger partial charge in [-0.2, -0.15) is 13.2 Å². The molecule has 0 aliphatic heterocycles. The molecule has 0 spiro atoms. The molecule has 1 fully saturated rings. The van der Waals surface area contributed by atoms with Gasteiger partial charge in [0, 0.05) is 10.4 Å². The van der Waals surface area contributed by atoms with Gasteiger partial charge in [0.05, 0.1) is 29.0 Å². The van der Waals surface area contributed by atoms with E-state index in [0.29, 0.717) is 21.4 Å². The van der Waals surface area contributed by atoms with Crippen LogP contribution in [0.1, 0.15) is 49.1 Å². The average molecular weight is 538 g/mol. The number of alkyl halides is 3. The Morgan fingerprint density at radius 2 is 1.72 bits per heavy atom. The van der Waals surface area contributed by atoms with Crippen LogP contribution in [0.2, 0.25) is 10.0 Å². The zero-order valence-electron chi connectivity index (χ0n) is 19.3. The number of carbonyl (C=O) groups is 2. The highest BCUT2D eigenvalue weighted by molar-refractivity contribution is 6.35. The molecular formula is C27H24Cl2F3NO3. The van der Waals surface area contributed by atoms with Crippen LogP contribution in [0, 0.1) is 11.8 Å². The van der Waals surface area contributed by atoms with Crippen LogP contribution in [0.15, 0.2) is 54.6 Å². The molecule has 3 aromatic carbocycles. The maximum atomic E-state index is 13.8. The van der Waals surface area contributed by atoms with Gasteiger partial charge in [-0.05, 0) is 59.4 Å². The van der Waals surface area contributed by atoms with Crippen molar-refractivity contribution >= 4 is 51.5 Å². The van der Waals surface area contributed by atoms with Gasteiger partial charge >= 0.3 is 12.1 Å². The minimum absolute atomic E-state index is 0.0763. The van der Waals surface area contributed by atoms with Gasteiger partial charge < -0.3 is 10.4 Å². The number of carboxylic acids is 1. The Morgan fingerprint density at radius 3 is 2.36 bits per heavy atom. The van der Waals surface area contributed by atoms with Crippen molar-refractivity contribution in [3.63, 3.8) is 0 Å². The first-order valence-corrected chi connectivity index (χ1v) is 12.3. The summed E-state index contributed by atoms with van der Waals surface area (Å²) < 4.78 is 41.5. The van der Waals surface area contributed by atoms with Gasteiger partial charge in [0.25, 0.3) is 0 Å². The van der Waals surface area contributed by atoms with Gasteiger partial charge in [-0.1, -0.05) is 66.5 Å². The van der Waals surface area contributed by atoms with Crippen LogP contribution in [0.3, 0.4) is 0 Å². The average Bonchev–Trinajstić information content (AvgIpc) is 3.64. The van der Waals surface area contributed by atoms with Crippen molar-refractivity contribution in [2.75, 3.05) is 5.32 Å². The van der Waals surface area contributed by atoms with E-state index in [4.69, 9.17) is 23.2 Å². The number of hydrogen-bond donors (Lipinski definition) is 2. The minimum atomic E-state index is -4.63. The molecule has 1 amide bonds. The molecule has 4 nitrogen and oxygen atoms in total. The second-order valence-corrected chi connectivity index (χ2v) is 10.1. The second kappa shape index (κ2) is 10.3. The number of hydrogen-bond acceptors (Lipinski definition) is 2. The molecule has 1 saturated carbocycles. The van der Waals surface area contributed by atoms with Crippen molar-refractivity contribution in [2.24, 2.45) is 11.8 Å². The molecule has 0 unspecified atom stereocenters. The summed E-state index contributed by atoms with van der Waals surface area (Å²) in [5.74, 6) is -5.38. The van der Waals surface area contributed by atoms with E-state index in [1.807, 2.05) is 0 Å². The van der Waals surface area contributed by atoms with Crippen LogP contribution < -0.4 is 5.32 Å². The lowest BCUT2D eigenvalue weighted by atomic mass is 9.84. The summed E-state index contributed by atoms with van der Waals surface area (Å²) in [6.45, 7) is 0.973. The highest BCUT2D eigenvalue weighted by Crippen LogP contribution is 2.46. The van der Waals surface area contributed by atoms with Gasteiger partial charge in [0.1, 0.15) is 0 Å². The van der Waals surface area contributed by atoms with Crippen LogP contribution in [0.4, 0.5) is 18.9 Å². The zero-order valence-corrected chi connectivity index (χ0v) is 20.8. The van der Waals surface area contributed by atoms with E-state index in [2.05, 4.69) is 5.32 Å². The number of carbonyl (C=O) groups excluding carboxylic acids is 1. The van der Waals surface area contributed by atoms with Gasteiger partial charge in [-0.15, -0.1) is 0 Å². The summed E-state index contributed by atoms with van der Waals surface area (Å²) in [5.41, 5.74) is 1.03. The van der Waals surface area contributed by atoms with E-state index < -0.39 is 29.9 Å². The Kier molecular flexibility index (Phi) is 7.53. The number of rotatable bonds is 8. The highest BCUT2D eigenvalue weighted by atomic mass is 35.5. The number of halogens is 5. The molecule has 3 aromatic rings. The van der Waals surface area contributed by atoms with Crippen molar-refractivity contribution in [1.29, 1.82) is 0 Å². The van der Waals surface area contributed by atoms with Gasteiger partial charge in [0.2, 0.25) is 5.91 Å². The predicted octanol–water partition coefficient (Wildman–Crippen LogP) is 8.04. The molecule has 1 aliphatic rings. The van der Waals surface area contributed by atoms with Crippen molar-refractivity contribution < 1.29 is 27.9 Å². The monoisotopic (exact) mass is 537 g/mol. The Balaban J connectivity index is 1.69. The summed E-state index contributed by atoms with van der Waals surface area (Å²) in [7, 11) is 0. The molecule has 0 heterocycles. The van der Waals surface area contributed by atoms with Crippen molar-refractivity contribution in [3.05, 3.63) is 75.8 Å². The van der Waals surface area contributed by atoms with E-state index >= 15 is 0 Å². The maximum Gasteiger partial charge on any atom is 0.392 e. The zero-order chi connectivity index (χ0) is 26.2. The Hall–Kier alpha value is -2.77. The van der Waals surface area contributed by atoms with E-state index in [-0.39, 0.29) is 34.5 Å². The maximum absolute atomic E-state index is 13.8. The molecule has 1 aliphatic carbocycles. The third-order valence-electron chi connectivity index (χ3n) is 6.77. The number of carboxylic acid groups (broad SMARTS) is 1. The van der Waals surface area contributed by atoms with Crippen molar-refractivity contribution in [3.8, 4) is 0 Å². The molecule has 0 saturated heterocycles. The third-order valence-corrected chi connectivity index (χ3v) is 7.43. The molecule has 0 bridgehead atoms.